The Bertz CT molecular complexity index is 174. The van der Waals surface area contributed by atoms with Crippen LogP contribution in [0.15, 0.2) is 11.8 Å². The van der Waals surface area contributed by atoms with E-state index in [1.807, 2.05) is 0 Å². The van der Waals surface area contributed by atoms with Gasteiger partial charge in [0.05, 0.1) is 0 Å². The van der Waals surface area contributed by atoms with Gasteiger partial charge in [0, 0.05) is 11.8 Å². The van der Waals surface area contributed by atoms with Crippen molar-refractivity contribution in [2.75, 3.05) is 12.6 Å². The lowest BCUT2D eigenvalue weighted by Crippen LogP contribution is -2.25. The molecule has 0 spiro atoms. The first kappa shape index (κ1) is 11.7. The number of aliphatic hydroxyl groups is 1. The van der Waals surface area contributed by atoms with Crippen molar-refractivity contribution >= 4 is 20.6 Å². The molecule has 0 aromatic heterocycles. The number of aliphatic hydroxyl groups excluding tert-OH is 1. The molecule has 0 aromatic rings. The highest BCUT2D eigenvalue weighted by molar-refractivity contribution is 6.44. The molecule has 69 valence electrons. The van der Waals surface area contributed by atoms with E-state index in [1.54, 1.807) is 6.92 Å². The summed E-state index contributed by atoms with van der Waals surface area (Å²) in [5.74, 6) is 0.421. The third-order valence-corrected chi connectivity index (χ3v) is 2.59. The van der Waals surface area contributed by atoms with Crippen LogP contribution in [0.5, 0.6) is 0 Å². The smallest absolute Gasteiger partial charge is 0.455 e. The summed E-state index contributed by atoms with van der Waals surface area (Å²) >= 11 is -1.97. The summed E-state index contributed by atoms with van der Waals surface area (Å²) in [7, 11) is 1.48. The second kappa shape index (κ2) is 6.21. The SMILES string of the molecule is C[O][Al-]([CH2]O)[O]C(C)=CC(C)=O. The zero-order chi connectivity index (χ0) is 9.56. The molecule has 0 aliphatic carbocycles. The van der Waals surface area contributed by atoms with Gasteiger partial charge in [0.25, 0.3) is 0 Å². The predicted molar refractivity (Wildman–Crippen MR) is 45.4 cm³/mol. The number of carbonyl (C=O) groups excluding carboxylic acids is 1. The van der Waals surface area contributed by atoms with Crippen LogP contribution in [0.2, 0.25) is 0 Å². The van der Waals surface area contributed by atoms with E-state index in [-0.39, 0.29) is 11.3 Å². The van der Waals surface area contributed by atoms with Crippen molar-refractivity contribution in [3.05, 3.63) is 11.8 Å². The Morgan fingerprint density at radius 2 is 2.17 bits per heavy atom. The molecule has 12 heavy (non-hydrogen) atoms. The minimum atomic E-state index is -1.97. The van der Waals surface area contributed by atoms with Gasteiger partial charge in [0.1, 0.15) is 0 Å². The summed E-state index contributed by atoms with van der Waals surface area (Å²) < 4.78 is 10.0. The summed E-state index contributed by atoms with van der Waals surface area (Å²) in [4.78, 5) is 10.6. The average molecular weight is 188 g/mol. The number of ketones is 1. The lowest BCUT2D eigenvalue weighted by molar-refractivity contribution is -0.112. The van der Waals surface area contributed by atoms with E-state index in [0.717, 1.165) is 0 Å². The maximum atomic E-state index is 10.6. The summed E-state index contributed by atoms with van der Waals surface area (Å²) in [6, 6.07) is 0. The van der Waals surface area contributed by atoms with Crippen LogP contribution >= 0.6 is 0 Å². The number of hydrogen-bond acceptors (Lipinski definition) is 4. The molecule has 1 radical (unpaired) electrons. The summed E-state index contributed by atoms with van der Waals surface area (Å²) in [6.45, 7) is 3.10. The molecule has 0 atom stereocenters. The fourth-order valence-corrected chi connectivity index (χ4v) is 1.49. The molecule has 0 unspecified atom stereocenters. The molecule has 0 fully saturated rings. The van der Waals surface area contributed by atoms with Gasteiger partial charge in [-0.1, -0.05) is 5.47 Å². The van der Waals surface area contributed by atoms with E-state index >= 15 is 0 Å². The van der Waals surface area contributed by atoms with Gasteiger partial charge in [0.15, 0.2) is 5.78 Å². The van der Waals surface area contributed by atoms with Crippen molar-refractivity contribution in [2.45, 2.75) is 13.8 Å². The molecule has 4 nitrogen and oxygen atoms in total. The van der Waals surface area contributed by atoms with Crippen LogP contribution in [0.25, 0.3) is 0 Å². The number of carbonyl (C=O) groups is 1. The van der Waals surface area contributed by atoms with E-state index in [4.69, 9.17) is 12.7 Å². The first-order valence-electron chi connectivity index (χ1n) is 3.59. The molecular formula is C7H13AlO4-. The van der Waals surface area contributed by atoms with Crippen molar-refractivity contribution in [3.8, 4) is 0 Å². The molecule has 0 bridgehead atoms. The monoisotopic (exact) mass is 188 g/mol. The van der Waals surface area contributed by atoms with E-state index in [0.29, 0.717) is 5.76 Å². The van der Waals surface area contributed by atoms with Gasteiger partial charge >= 0.3 is 14.8 Å². The molecule has 0 aliphatic rings. The van der Waals surface area contributed by atoms with Crippen LogP contribution in [-0.2, 0) is 12.4 Å². The number of allylic oxidation sites excluding steroid dienone is 2. The highest BCUT2D eigenvalue weighted by Gasteiger charge is 2.04. The summed E-state index contributed by atoms with van der Waals surface area (Å²) in [6.07, 6.45) is 1.37. The Morgan fingerprint density at radius 3 is 2.50 bits per heavy atom. The van der Waals surface area contributed by atoms with Crippen molar-refractivity contribution in [2.24, 2.45) is 0 Å². The van der Waals surface area contributed by atoms with Crippen LogP contribution in [0.1, 0.15) is 13.8 Å². The summed E-state index contributed by atoms with van der Waals surface area (Å²) in [5, 5.41) is 8.71. The van der Waals surface area contributed by atoms with Gasteiger partial charge in [-0.2, -0.15) is 0 Å². The maximum absolute atomic E-state index is 10.6. The maximum Gasteiger partial charge on any atom is 0.455 e. The molecule has 0 amide bonds. The van der Waals surface area contributed by atoms with Crippen LogP contribution < -0.4 is 0 Å². The molecule has 0 aliphatic heterocycles. The normalized spacial score (nSPS) is 11.9. The van der Waals surface area contributed by atoms with Gasteiger partial charge in [-0.25, -0.2) is 0 Å². The van der Waals surface area contributed by atoms with Gasteiger partial charge < -0.3 is 12.7 Å². The zero-order valence-electron chi connectivity index (χ0n) is 7.53. The lowest BCUT2D eigenvalue weighted by atomic mass is 10.4. The van der Waals surface area contributed by atoms with Crippen LogP contribution in [0, 0.1) is 0 Å². The Labute approximate surface area is 76.8 Å². The molecular weight excluding hydrogens is 175 g/mol. The molecule has 1 N–H and O–H groups in total. The van der Waals surface area contributed by atoms with E-state index in [9.17, 15) is 4.79 Å². The number of rotatable bonds is 5. The first-order valence-corrected chi connectivity index (χ1v) is 5.35. The molecule has 5 heteroatoms. The van der Waals surface area contributed by atoms with Gasteiger partial charge in [-0.05, 0) is 21.0 Å². The third-order valence-electron chi connectivity index (χ3n) is 1.14. The third kappa shape index (κ3) is 5.33. The molecule has 0 rings (SSSR count). The Kier molecular flexibility index (Phi) is 6.03. The molecule has 0 aromatic carbocycles. The van der Waals surface area contributed by atoms with Gasteiger partial charge in [-0.3, -0.25) is 4.79 Å². The summed E-state index contributed by atoms with van der Waals surface area (Å²) in [5.41, 5.74) is -0.0976. The lowest BCUT2D eigenvalue weighted by Gasteiger charge is -2.25. The van der Waals surface area contributed by atoms with Crippen LogP contribution in [0.3, 0.4) is 0 Å². The van der Waals surface area contributed by atoms with Crippen molar-refractivity contribution < 1.29 is 17.5 Å². The van der Waals surface area contributed by atoms with Crippen molar-refractivity contribution in [1.29, 1.82) is 0 Å². The Morgan fingerprint density at radius 1 is 1.58 bits per heavy atom. The minimum absolute atomic E-state index is 0.0747. The average Bonchev–Trinajstić information content (AvgIpc) is 1.98. The van der Waals surface area contributed by atoms with Crippen LogP contribution in [0.4, 0.5) is 0 Å². The van der Waals surface area contributed by atoms with Crippen LogP contribution in [-0.4, -0.2) is 38.3 Å². The highest BCUT2D eigenvalue weighted by Crippen LogP contribution is 1.99. The van der Waals surface area contributed by atoms with E-state index < -0.39 is 14.8 Å². The largest absolute Gasteiger partial charge is 0.798 e. The molecule has 0 saturated carbocycles. The quantitative estimate of drug-likeness (QED) is 0.379. The van der Waals surface area contributed by atoms with E-state index in [1.165, 1.54) is 20.1 Å². The first-order chi connectivity index (χ1) is 5.60. The standard InChI is InChI=1S/C5H8O2.2CH3O.Al/c1-4(6)3-5(2)7;2*1-2;/h3,6H,1-2H3;1H3;2H,1H2;/q;-1;;+1/p-1. The van der Waals surface area contributed by atoms with Crippen molar-refractivity contribution in [1.82, 2.24) is 0 Å². The molecule has 0 saturated heterocycles. The Balaban J connectivity index is 3.97. The topological polar surface area (TPSA) is 55.8 Å². The van der Waals surface area contributed by atoms with Gasteiger partial charge in [0.2, 0.25) is 0 Å². The zero-order valence-corrected chi connectivity index (χ0v) is 8.69. The van der Waals surface area contributed by atoms with Crippen molar-refractivity contribution in [3.63, 3.8) is 0 Å². The highest BCUT2D eigenvalue weighted by atomic mass is 27.2. The second-order valence-corrected chi connectivity index (χ2v) is 4.26. The fraction of sp³-hybridized carbons (Fsp3) is 0.571. The Hall–Kier alpha value is -0.338. The van der Waals surface area contributed by atoms with E-state index in [2.05, 4.69) is 0 Å². The second-order valence-electron chi connectivity index (χ2n) is 2.33. The molecule has 0 heterocycles. The fourth-order valence-electron chi connectivity index (χ4n) is 0.688. The minimum Gasteiger partial charge on any atom is -0.798 e. The number of hydrogen-bond donors (Lipinski definition) is 1. The van der Waals surface area contributed by atoms with Gasteiger partial charge in [-0.15, -0.1) is 0 Å². The predicted octanol–water partition coefficient (Wildman–Crippen LogP) is 0.162.